The molecule has 14 heavy (non-hydrogen) atoms. The summed E-state index contributed by atoms with van der Waals surface area (Å²) in [4.78, 5) is 11.1. The van der Waals surface area contributed by atoms with Gasteiger partial charge in [0.1, 0.15) is 0 Å². The lowest BCUT2D eigenvalue weighted by Gasteiger charge is -2.05. The van der Waals surface area contributed by atoms with E-state index in [1.807, 2.05) is 0 Å². The van der Waals surface area contributed by atoms with Gasteiger partial charge in [-0.3, -0.25) is 0 Å². The van der Waals surface area contributed by atoms with Gasteiger partial charge in [0.15, 0.2) is 5.82 Å². The number of esters is 1. The number of hydrogen-bond acceptors (Lipinski definition) is 2. The highest BCUT2D eigenvalue weighted by atomic mass is 79.9. The molecule has 0 spiro atoms. The molecule has 6 heteroatoms. The van der Waals surface area contributed by atoms with E-state index in [1.54, 1.807) is 0 Å². The van der Waals surface area contributed by atoms with Crippen LogP contribution in [0.4, 0.5) is 4.39 Å². The van der Waals surface area contributed by atoms with E-state index in [2.05, 4.69) is 20.7 Å². The summed E-state index contributed by atoms with van der Waals surface area (Å²) in [5.74, 6) is -1.59. The summed E-state index contributed by atoms with van der Waals surface area (Å²) in [6.45, 7) is 0. The van der Waals surface area contributed by atoms with Gasteiger partial charge in [-0.1, -0.05) is 23.2 Å². The molecule has 0 N–H and O–H groups in total. The number of carbonyl (C=O) groups excluding carboxylic acids is 1. The van der Waals surface area contributed by atoms with Gasteiger partial charge in [-0.05, 0) is 22.0 Å². The molecular weight excluding hydrogens is 298 g/mol. The van der Waals surface area contributed by atoms with E-state index >= 15 is 0 Å². The summed E-state index contributed by atoms with van der Waals surface area (Å²) in [5, 5.41) is 0.108. The fraction of sp³-hybridized carbons (Fsp3) is 0.125. The molecule has 1 aromatic carbocycles. The maximum Gasteiger partial charge on any atom is 0.340 e. The van der Waals surface area contributed by atoms with Gasteiger partial charge in [-0.15, -0.1) is 0 Å². The normalized spacial score (nSPS) is 10.1. The first-order valence-corrected chi connectivity index (χ1v) is 4.95. The van der Waals surface area contributed by atoms with E-state index in [1.165, 1.54) is 0 Å². The highest BCUT2D eigenvalue weighted by molar-refractivity contribution is 9.10. The first-order valence-electron chi connectivity index (χ1n) is 3.40. The number of methoxy groups -OCH3 is 1. The summed E-state index contributed by atoms with van der Waals surface area (Å²) in [6, 6.07) is 1.12. The van der Waals surface area contributed by atoms with Crippen LogP contribution in [0, 0.1) is 5.82 Å². The maximum absolute atomic E-state index is 13.4. The van der Waals surface area contributed by atoms with Crippen molar-refractivity contribution in [1.29, 1.82) is 0 Å². The van der Waals surface area contributed by atoms with Crippen LogP contribution in [-0.4, -0.2) is 13.1 Å². The van der Waals surface area contributed by atoms with E-state index in [4.69, 9.17) is 23.2 Å². The largest absolute Gasteiger partial charge is 0.465 e. The zero-order valence-electron chi connectivity index (χ0n) is 6.91. The molecule has 76 valence electrons. The minimum Gasteiger partial charge on any atom is -0.465 e. The zero-order chi connectivity index (χ0) is 10.9. The molecule has 0 aliphatic heterocycles. The minimum atomic E-state index is -0.804. The molecule has 0 aromatic heterocycles. The van der Waals surface area contributed by atoms with Crippen LogP contribution in [0.2, 0.25) is 10.0 Å². The van der Waals surface area contributed by atoms with Crippen molar-refractivity contribution in [3.05, 3.63) is 32.0 Å². The Morgan fingerprint density at radius 1 is 1.57 bits per heavy atom. The summed E-state index contributed by atoms with van der Waals surface area (Å²) in [5.41, 5.74) is -0.256. The molecule has 0 aliphatic carbocycles. The lowest BCUT2D eigenvalue weighted by molar-refractivity contribution is 0.0595. The zero-order valence-corrected chi connectivity index (χ0v) is 10.0. The molecule has 0 amide bonds. The first-order chi connectivity index (χ1) is 6.49. The monoisotopic (exact) mass is 300 g/mol. The number of rotatable bonds is 1. The van der Waals surface area contributed by atoms with Crippen LogP contribution in [0.1, 0.15) is 10.4 Å². The van der Waals surface area contributed by atoms with Crippen LogP contribution in [0.15, 0.2) is 10.5 Å². The maximum atomic E-state index is 13.4. The van der Waals surface area contributed by atoms with Crippen molar-refractivity contribution in [2.45, 2.75) is 0 Å². The average molecular weight is 302 g/mol. The van der Waals surface area contributed by atoms with Gasteiger partial charge in [-0.2, -0.15) is 0 Å². The predicted octanol–water partition coefficient (Wildman–Crippen LogP) is 3.68. The molecule has 0 fully saturated rings. The lowest BCUT2D eigenvalue weighted by atomic mass is 10.2. The quantitative estimate of drug-likeness (QED) is 0.449. The van der Waals surface area contributed by atoms with Gasteiger partial charge in [0.25, 0.3) is 0 Å². The van der Waals surface area contributed by atoms with E-state index in [-0.39, 0.29) is 20.1 Å². The third-order valence-corrected chi connectivity index (χ3v) is 3.27. The second-order valence-electron chi connectivity index (χ2n) is 2.34. The summed E-state index contributed by atoms with van der Waals surface area (Å²) in [6.07, 6.45) is 0. The van der Waals surface area contributed by atoms with E-state index in [0.717, 1.165) is 13.2 Å². The average Bonchev–Trinajstić information content (AvgIpc) is 2.19. The van der Waals surface area contributed by atoms with Gasteiger partial charge in [0.2, 0.25) is 0 Å². The van der Waals surface area contributed by atoms with Gasteiger partial charge in [0, 0.05) is 0 Å². The molecule has 0 heterocycles. The standard InChI is InChI=1S/C8H4BrCl2FO2/c1-14-8(13)3-2-4(10)6(11)5(9)7(3)12/h2H,1H3. The second-order valence-corrected chi connectivity index (χ2v) is 3.92. The van der Waals surface area contributed by atoms with Crippen molar-refractivity contribution < 1.29 is 13.9 Å². The highest BCUT2D eigenvalue weighted by Crippen LogP contribution is 2.34. The van der Waals surface area contributed by atoms with Crippen LogP contribution in [0.25, 0.3) is 0 Å². The van der Waals surface area contributed by atoms with Crippen molar-refractivity contribution >= 4 is 45.1 Å². The molecule has 0 aliphatic rings. The fourth-order valence-electron chi connectivity index (χ4n) is 0.831. The predicted molar refractivity (Wildman–Crippen MR) is 55.5 cm³/mol. The topological polar surface area (TPSA) is 26.3 Å². The summed E-state index contributed by atoms with van der Waals surface area (Å²) in [7, 11) is 1.15. The van der Waals surface area contributed by atoms with E-state index in [9.17, 15) is 9.18 Å². The van der Waals surface area contributed by atoms with Crippen molar-refractivity contribution in [3.63, 3.8) is 0 Å². The van der Waals surface area contributed by atoms with Crippen LogP contribution in [0.3, 0.4) is 0 Å². The molecule has 0 radical (unpaired) electrons. The fourth-order valence-corrected chi connectivity index (χ4v) is 1.71. The van der Waals surface area contributed by atoms with E-state index < -0.39 is 11.8 Å². The molecule has 0 bridgehead atoms. The molecule has 0 atom stereocenters. The third kappa shape index (κ3) is 2.02. The Hall–Kier alpha value is -0.320. The molecule has 2 nitrogen and oxygen atoms in total. The van der Waals surface area contributed by atoms with Crippen LogP contribution in [0.5, 0.6) is 0 Å². The van der Waals surface area contributed by atoms with Crippen molar-refractivity contribution in [3.8, 4) is 0 Å². The number of hydrogen-bond donors (Lipinski definition) is 0. The van der Waals surface area contributed by atoms with Crippen molar-refractivity contribution in [2.75, 3.05) is 7.11 Å². The minimum absolute atomic E-state index is 0.0248. The molecule has 0 unspecified atom stereocenters. The molecule has 1 aromatic rings. The van der Waals surface area contributed by atoms with Crippen molar-refractivity contribution in [1.82, 2.24) is 0 Å². The first kappa shape index (κ1) is 11.8. The highest BCUT2D eigenvalue weighted by Gasteiger charge is 2.19. The Labute approximate surface area is 98.1 Å². The molecular formula is C8H4BrCl2FO2. The Kier molecular flexibility index (Phi) is 3.75. The van der Waals surface area contributed by atoms with Crippen molar-refractivity contribution in [2.24, 2.45) is 0 Å². The molecule has 0 saturated heterocycles. The van der Waals surface area contributed by atoms with Crippen LogP contribution < -0.4 is 0 Å². The summed E-state index contributed by atoms with van der Waals surface area (Å²) < 4.78 is 17.7. The van der Waals surface area contributed by atoms with Gasteiger partial charge in [0.05, 0.1) is 27.2 Å². The third-order valence-electron chi connectivity index (χ3n) is 1.51. The van der Waals surface area contributed by atoms with Crippen LogP contribution >= 0.6 is 39.1 Å². The van der Waals surface area contributed by atoms with Gasteiger partial charge < -0.3 is 4.74 Å². The van der Waals surface area contributed by atoms with Gasteiger partial charge in [-0.25, -0.2) is 9.18 Å². The number of carbonyl (C=O) groups is 1. The summed E-state index contributed by atoms with van der Waals surface area (Å²) >= 11 is 14.2. The number of halogens is 4. The Morgan fingerprint density at radius 2 is 2.14 bits per heavy atom. The Bertz CT molecular complexity index is 395. The number of ether oxygens (including phenoxy) is 1. The van der Waals surface area contributed by atoms with E-state index in [0.29, 0.717) is 0 Å². The lowest BCUT2D eigenvalue weighted by Crippen LogP contribution is -2.05. The smallest absolute Gasteiger partial charge is 0.340 e. The SMILES string of the molecule is COC(=O)c1cc(Cl)c(Cl)c(Br)c1F. The molecule has 1 rings (SSSR count). The Balaban J connectivity index is 3.40. The Morgan fingerprint density at radius 3 is 2.64 bits per heavy atom. The second kappa shape index (κ2) is 4.47. The molecule has 0 saturated carbocycles. The van der Waals surface area contributed by atoms with Crippen LogP contribution in [-0.2, 0) is 4.74 Å². The van der Waals surface area contributed by atoms with Gasteiger partial charge >= 0.3 is 5.97 Å². The number of benzene rings is 1.